The van der Waals surface area contributed by atoms with E-state index in [1.165, 1.54) is 0 Å². The second kappa shape index (κ2) is 8.11. The van der Waals surface area contributed by atoms with Crippen LogP contribution in [0.15, 0.2) is 71.1 Å². The Morgan fingerprint density at radius 3 is 2.53 bits per heavy atom. The average Bonchev–Trinajstić information content (AvgIpc) is 3.46. The highest BCUT2D eigenvalue weighted by Gasteiger charge is 2.41. The van der Waals surface area contributed by atoms with Gasteiger partial charge in [-0.2, -0.15) is 9.61 Å². The number of anilines is 1. The minimum atomic E-state index is -0.303. The van der Waals surface area contributed by atoms with Crippen molar-refractivity contribution >= 4 is 34.6 Å². The molecule has 2 N–H and O–H groups in total. The van der Waals surface area contributed by atoms with Crippen LogP contribution in [-0.2, 0) is 7.05 Å². The second-order valence-electron chi connectivity index (χ2n) is 8.31. The van der Waals surface area contributed by atoms with Gasteiger partial charge in [-0.15, -0.1) is 15.3 Å². The molecule has 1 saturated heterocycles. The normalized spacial score (nSPS) is 19.0. The molecule has 9 nitrogen and oxygen atoms in total. The second-order valence-corrected chi connectivity index (χ2v) is 8.75. The molecule has 0 saturated carbocycles. The third-order valence-electron chi connectivity index (χ3n) is 5.93. The summed E-state index contributed by atoms with van der Waals surface area (Å²) in [7, 11) is 1.85. The Morgan fingerprint density at radius 1 is 1.15 bits per heavy atom. The summed E-state index contributed by atoms with van der Waals surface area (Å²) in [5.41, 5.74) is 12.0. The summed E-state index contributed by atoms with van der Waals surface area (Å²) in [4.78, 5) is 6.97. The van der Waals surface area contributed by atoms with Crippen LogP contribution in [-0.4, -0.2) is 35.3 Å². The molecule has 3 aromatic heterocycles. The Morgan fingerprint density at radius 2 is 1.88 bits per heavy atom. The van der Waals surface area contributed by atoms with Gasteiger partial charge in [0.25, 0.3) is 0 Å². The van der Waals surface area contributed by atoms with E-state index in [2.05, 4.69) is 26.8 Å². The van der Waals surface area contributed by atoms with Crippen LogP contribution in [0.2, 0.25) is 5.02 Å². The molecule has 10 heteroatoms. The quantitative estimate of drug-likeness (QED) is 0.478. The Balaban J connectivity index is 1.78. The van der Waals surface area contributed by atoms with Gasteiger partial charge in [0.1, 0.15) is 0 Å². The number of hydrogen-bond acceptors (Lipinski definition) is 7. The van der Waals surface area contributed by atoms with E-state index in [1.807, 2.05) is 64.2 Å². The minimum Gasteiger partial charge on any atom is -0.402 e. The molecule has 1 aliphatic heterocycles. The van der Waals surface area contributed by atoms with E-state index in [0.29, 0.717) is 45.2 Å². The first-order chi connectivity index (χ1) is 16.3. The predicted molar refractivity (Wildman–Crippen MR) is 133 cm³/mol. The van der Waals surface area contributed by atoms with E-state index in [9.17, 15) is 0 Å². The van der Waals surface area contributed by atoms with E-state index in [-0.39, 0.29) is 6.04 Å². The van der Waals surface area contributed by atoms with Gasteiger partial charge in [-0.05, 0) is 50.1 Å². The summed E-state index contributed by atoms with van der Waals surface area (Å²) in [6.45, 7) is 10.2. The molecule has 0 spiro atoms. The van der Waals surface area contributed by atoms with Gasteiger partial charge in [-0.3, -0.25) is 4.68 Å². The Hall–Kier alpha value is -3.98. The number of benzene rings is 1. The van der Waals surface area contributed by atoms with Crippen molar-refractivity contribution in [3.8, 4) is 0 Å². The van der Waals surface area contributed by atoms with Gasteiger partial charge in [0, 0.05) is 29.4 Å². The van der Waals surface area contributed by atoms with Crippen molar-refractivity contribution in [3.63, 3.8) is 0 Å². The lowest BCUT2D eigenvalue weighted by Gasteiger charge is -2.27. The largest absolute Gasteiger partial charge is 0.402 e. The van der Waals surface area contributed by atoms with Crippen molar-refractivity contribution in [1.82, 2.24) is 29.6 Å². The molecular weight excluding hydrogens is 450 g/mol. The maximum Gasteiger partial charge on any atom is 0.180 e. The van der Waals surface area contributed by atoms with Gasteiger partial charge in [0.05, 0.1) is 23.6 Å². The lowest BCUT2D eigenvalue weighted by Crippen LogP contribution is -2.24. The molecule has 1 atom stereocenters. The van der Waals surface area contributed by atoms with E-state index < -0.39 is 0 Å². The lowest BCUT2D eigenvalue weighted by atomic mass is 9.96. The topological polar surface area (TPSA) is 103 Å². The third-order valence-corrected chi connectivity index (χ3v) is 6.18. The van der Waals surface area contributed by atoms with Crippen molar-refractivity contribution < 1.29 is 0 Å². The number of aliphatic imine (C=N–C) groups is 1. The number of fused-ring (bicyclic) bond motifs is 1. The van der Waals surface area contributed by atoms with Gasteiger partial charge < -0.3 is 10.6 Å². The number of hydrogen-bond donors (Lipinski definition) is 1. The molecule has 4 heterocycles. The van der Waals surface area contributed by atoms with Crippen LogP contribution >= 0.6 is 11.6 Å². The van der Waals surface area contributed by atoms with E-state index in [4.69, 9.17) is 27.4 Å². The van der Waals surface area contributed by atoms with Crippen LogP contribution in [0.25, 0.3) is 5.65 Å². The smallest absolute Gasteiger partial charge is 0.180 e. The lowest BCUT2D eigenvalue weighted by molar-refractivity contribution is 0.770. The number of nitrogens with two attached hydrogens (primary N) is 1. The summed E-state index contributed by atoms with van der Waals surface area (Å²) in [6.07, 6.45) is 1.71. The molecule has 1 fully saturated rings. The molecule has 0 aliphatic carbocycles. The molecule has 0 radical (unpaired) electrons. The summed E-state index contributed by atoms with van der Waals surface area (Å²) in [5.74, 6) is 2.08. The zero-order chi connectivity index (χ0) is 24.1. The Kier molecular flexibility index (Phi) is 5.21. The number of halogens is 1. The van der Waals surface area contributed by atoms with Crippen LogP contribution in [0.3, 0.4) is 0 Å². The predicted octanol–water partition coefficient (Wildman–Crippen LogP) is 4.21. The molecule has 1 aromatic carbocycles. The number of aromatic nitrogens is 6. The maximum atomic E-state index is 6.48. The highest BCUT2D eigenvalue weighted by Crippen LogP contribution is 2.45. The first kappa shape index (κ1) is 21.8. The zero-order valence-corrected chi connectivity index (χ0v) is 20.1. The molecule has 0 amide bonds. The Labute approximate surface area is 201 Å². The molecule has 172 valence electrons. The molecule has 4 aromatic rings. The minimum absolute atomic E-state index is 0.303. The van der Waals surface area contributed by atoms with Crippen LogP contribution in [0.4, 0.5) is 11.6 Å². The van der Waals surface area contributed by atoms with Crippen molar-refractivity contribution in [2.75, 3.05) is 4.90 Å². The van der Waals surface area contributed by atoms with E-state index in [1.54, 1.807) is 15.4 Å². The fraction of sp³-hybridized carbons (Fsp3) is 0.208. The van der Waals surface area contributed by atoms with Crippen molar-refractivity contribution in [3.05, 3.63) is 88.1 Å². The van der Waals surface area contributed by atoms with Gasteiger partial charge in [0.15, 0.2) is 23.1 Å². The van der Waals surface area contributed by atoms with Gasteiger partial charge in [-0.25, -0.2) is 4.99 Å². The maximum absolute atomic E-state index is 6.48. The molecule has 1 aliphatic rings. The third kappa shape index (κ3) is 3.45. The average molecular weight is 474 g/mol. The number of nitrogens with zero attached hydrogens (tertiary/aromatic N) is 8. The first-order valence-corrected chi connectivity index (χ1v) is 11.1. The molecule has 0 bridgehead atoms. The zero-order valence-electron chi connectivity index (χ0n) is 19.4. The van der Waals surface area contributed by atoms with Crippen LogP contribution in [0, 0.1) is 13.8 Å². The van der Waals surface area contributed by atoms with Gasteiger partial charge in [0.2, 0.25) is 0 Å². The van der Waals surface area contributed by atoms with Crippen molar-refractivity contribution in [1.29, 1.82) is 0 Å². The molecule has 5 rings (SSSR count). The summed E-state index contributed by atoms with van der Waals surface area (Å²) >= 11 is 6.20. The number of rotatable bonds is 3. The van der Waals surface area contributed by atoms with Crippen molar-refractivity contribution in [2.24, 2.45) is 17.8 Å². The number of aryl methyl sites for hydroxylation is 3. The van der Waals surface area contributed by atoms with Crippen LogP contribution in [0.5, 0.6) is 0 Å². The monoisotopic (exact) mass is 473 g/mol. The first-order valence-electron chi connectivity index (χ1n) is 10.7. The van der Waals surface area contributed by atoms with Gasteiger partial charge in [-0.1, -0.05) is 30.3 Å². The van der Waals surface area contributed by atoms with Crippen molar-refractivity contribution in [2.45, 2.75) is 26.8 Å². The highest BCUT2D eigenvalue weighted by molar-refractivity contribution is 6.30. The van der Waals surface area contributed by atoms with Crippen LogP contribution < -0.4 is 10.6 Å². The Bertz CT molecular complexity index is 1490. The van der Waals surface area contributed by atoms with E-state index >= 15 is 0 Å². The summed E-state index contributed by atoms with van der Waals surface area (Å²) in [6, 6.07) is 11.2. The van der Waals surface area contributed by atoms with Gasteiger partial charge >= 0.3 is 0 Å². The fourth-order valence-electron chi connectivity index (χ4n) is 4.26. The summed E-state index contributed by atoms with van der Waals surface area (Å²) in [5, 5.41) is 18.2. The highest BCUT2D eigenvalue weighted by atomic mass is 35.5. The van der Waals surface area contributed by atoms with Crippen LogP contribution in [0.1, 0.15) is 29.9 Å². The van der Waals surface area contributed by atoms with E-state index in [0.717, 1.165) is 16.7 Å². The molecular formula is C24H24ClN9. The standard InChI is InChI=1S/C24H24ClN9/c1-13-12-20(31-34-16(4)29-30-24(13)34)33-15(3)22(28-19-10-11-27-32(19)5)21(14(2)26)23(33)17-6-8-18(25)9-7-17/h6-12,23H,3,26H2,1-2,4-5H3. The SMILES string of the molecule is C=C1C(=Nc2ccnn2C)C(=C(C)N)C(c2ccc(Cl)cc2)N1c1cc(C)c2nnc(C)n2n1. The molecule has 1 unspecified atom stereocenters. The molecule has 34 heavy (non-hydrogen) atoms. The fourth-order valence-corrected chi connectivity index (χ4v) is 4.39. The number of allylic oxidation sites excluding steroid dienone is 2. The summed E-state index contributed by atoms with van der Waals surface area (Å²) < 4.78 is 3.45.